The van der Waals surface area contributed by atoms with Crippen molar-refractivity contribution >= 4 is 50.9 Å². The fourth-order valence-corrected chi connectivity index (χ4v) is 6.06. The van der Waals surface area contributed by atoms with Crippen LogP contribution in [0.15, 0.2) is 42.5 Å². The van der Waals surface area contributed by atoms with Crippen molar-refractivity contribution in [2.45, 2.75) is 51.2 Å². The molecule has 6 rings (SSSR count). The van der Waals surface area contributed by atoms with Gasteiger partial charge in [-0.1, -0.05) is 23.7 Å². The van der Waals surface area contributed by atoms with Gasteiger partial charge in [0.05, 0.1) is 35.0 Å². The van der Waals surface area contributed by atoms with Crippen LogP contribution < -0.4 is 11.2 Å². The Bertz CT molecular complexity index is 1380. The number of hydrogen-bond donors (Lipinski definition) is 2. The molecule has 0 spiro atoms. The summed E-state index contributed by atoms with van der Waals surface area (Å²) in [4.78, 5) is 34.7. The minimum Gasteiger partial charge on any atom is -0.350 e. The van der Waals surface area contributed by atoms with Crippen LogP contribution in [0.2, 0.25) is 5.02 Å². The molecule has 3 aromatic rings. The molecule has 39 heavy (non-hydrogen) atoms. The van der Waals surface area contributed by atoms with Gasteiger partial charge in [-0.2, -0.15) is 0 Å². The van der Waals surface area contributed by atoms with E-state index in [9.17, 15) is 9.59 Å². The molecule has 2 aliphatic heterocycles. The molecule has 12 heteroatoms. The lowest BCUT2D eigenvalue weighted by atomic mass is 10.1. The number of imide groups is 1. The van der Waals surface area contributed by atoms with Gasteiger partial charge in [0.1, 0.15) is 0 Å². The number of thiazole rings is 1. The highest BCUT2D eigenvalue weighted by molar-refractivity contribution is 7.18. The third kappa shape index (κ3) is 5.55. The number of halogens is 1. The SMILES string of the molecule is CC1(C)OCC(CN2C(=O)N(N)C(Nc3ccc4nc(C5CC5)sc4c3)N(Cc3ccc(Cl)cc3)C2=O)CO1. The number of nitrogens with one attached hydrogen (secondary N) is 1. The Kier molecular flexibility index (Phi) is 6.88. The maximum Gasteiger partial charge on any atom is 0.345 e. The summed E-state index contributed by atoms with van der Waals surface area (Å²) in [7, 11) is 0. The largest absolute Gasteiger partial charge is 0.350 e. The predicted octanol–water partition coefficient (Wildman–Crippen LogP) is 5.16. The van der Waals surface area contributed by atoms with Gasteiger partial charge >= 0.3 is 12.1 Å². The molecule has 3 fully saturated rings. The van der Waals surface area contributed by atoms with Gasteiger partial charge in [0.2, 0.25) is 6.29 Å². The van der Waals surface area contributed by atoms with Gasteiger partial charge in [0.25, 0.3) is 0 Å². The van der Waals surface area contributed by atoms with Crippen molar-refractivity contribution in [3.63, 3.8) is 0 Å². The molecule has 1 aliphatic carbocycles. The average molecular weight is 571 g/mol. The van der Waals surface area contributed by atoms with Crippen LogP contribution in [0.3, 0.4) is 0 Å². The van der Waals surface area contributed by atoms with E-state index in [1.807, 2.05) is 44.2 Å². The number of carbonyl (C=O) groups excluding carboxylic acids is 2. The van der Waals surface area contributed by atoms with Gasteiger partial charge < -0.3 is 14.8 Å². The number of amides is 4. The number of hydrazine groups is 1. The molecule has 4 amide bonds. The second kappa shape index (κ2) is 10.2. The minimum absolute atomic E-state index is 0.127. The molecular weight excluding hydrogens is 540 g/mol. The van der Waals surface area contributed by atoms with Gasteiger partial charge in [0.15, 0.2) is 5.79 Å². The van der Waals surface area contributed by atoms with Crippen molar-refractivity contribution in [2.24, 2.45) is 11.8 Å². The Morgan fingerprint density at radius 1 is 1.10 bits per heavy atom. The van der Waals surface area contributed by atoms with Crippen LogP contribution in [0.25, 0.3) is 10.2 Å². The molecule has 1 atom stereocenters. The van der Waals surface area contributed by atoms with Crippen LogP contribution in [0.1, 0.15) is 43.2 Å². The van der Waals surface area contributed by atoms with E-state index in [4.69, 9.17) is 31.9 Å². The van der Waals surface area contributed by atoms with Crippen LogP contribution in [0.4, 0.5) is 15.3 Å². The van der Waals surface area contributed by atoms with Gasteiger partial charge in [-0.3, -0.25) is 4.90 Å². The van der Waals surface area contributed by atoms with E-state index in [-0.39, 0.29) is 19.0 Å². The number of rotatable bonds is 7. The van der Waals surface area contributed by atoms with E-state index in [0.717, 1.165) is 36.4 Å². The summed E-state index contributed by atoms with van der Waals surface area (Å²) in [5, 5.41) is 6.14. The molecule has 2 saturated heterocycles. The van der Waals surface area contributed by atoms with Crippen LogP contribution in [0, 0.1) is 5.92 Å². The summed E-state index contributed by atoms with van der Waals surface area (Å²) in [6, 6.07) is 12.0. The molecule has 10 nitrogen and oxygen atoms in total. The van der Waals surface area contributed by atoms with Crippen molar-refractivity contribution in [3.05, 3.63) is 58.1 Å². The molecule has 3 N–H and O–H groups in total. The number of anilines is 1. The second-order valence-electron chi connectivity index (χ2n) is 10.8. The minimum atomic E-state index is -0.914. The highest BCUT2D eigenvalue weighted by Crippen LogP contribution is 2.43. The highest BCUT2D eigenvalue weighted by atomic mass is 35.5. The van der Waals surface area contributed by atoms with Gasteiger partial charge in [-0.15, -0.1) is 11.3 Å². The molecule has 0 radical (unpaired) electrons. The molecular formula is C27H31ClN6O4S. The van der Waals surface area contributed by atoms with Crippen LogP contribution >= 0.6 is 22.9 Å². The van der Waals surface area contributed by atoms with Crippen LogP contribution in [0.5, 0.6) is 0 Å². The summed E-state index contributed by atoms with van der Waals surface area (Å²) in [5.74, 6) is 6.10. The lowest BCUT2D eigenvalue weighted by molar-refractivity contribution is -0.262. The number of hydrogen-bond acceptors (Lipinski definition) is 8. The average Bonchev–Trinajstić information content (AvgIpc) is 3.68. The smallest absolute Gasteiger partial charge is 0.345 e. The summed E-state index contributed by atoms with van der Waals surface area (Å²) in [6.07, 6.45) is 1.46. The highest BCUT2D eigenvalue weighted by Gasteiger charge is 2.45. The van der Waals surface area contributed by atoms with E-state index in [0.29, 0.717) is 24.2 Å². The third-order valence-electron chi connectivity index (χ3n) is 7.15. The number of nitrogens with two attached hydrogens (primary N) is 1. The Morgan fingerprint density at radius 3 is 2.51 bits per heavy atom. The lowest BCUT2D eigenvalue weighted by Gasteiger charge is -2.46. The zero-order valence-corrected chi connectivity index (χ0v) is 23.4. The number of ether oxygens (including phenoxy) is 2. The fraction of sp³-hybridized carbons (Fsp3) is 0.444. The summed E-state index contributed by atoms with van der Waals surface area (Å²) in [5.41, 5.74) is 2.53. The first kappa shape index (κ1) is 26.3. The van der Waals surface area contributed by atoms with Crippen molar-refractivity contribution in [1.29, 1.82) is 0 Å². The maximum atomic E-state index is 13.8. The topological polar surface area (TPSA) is 113 Å². The van der Waals surface area contributed by atoms with Gasteiger partial charge in [-0.25, -0.2) is 30.3 Å². The quantitative estimate of drug-likeness (QED) is 0.298. The zero-order chi connectivity index (χ0) is 27.3. The fourth-order valence-electron chi connectivity index (χ4n) is 4.76. The molecule has 0 bridgehead atoms. The Labute approximate surface area is 235 Å². The van der Waals surface area contributed by atoms with Crippen molar-refractivity contribution in [3.8, 4) is 0 Å². The number of carbonyl (C=O) groups is 2. The Morgan fingerprint density at radius 2 is 1.82 bits per heavy atom. The van der Waals surface area contributed by atoms with Crippen LogP contribution in [-0.2, 0) is 16.0 Å². The number of fused-ring (bicyclic) bond motifs is 1. The predicted molar refractivity (Wildman–Crippen MR) is 149 cm³/mol. The van der Waals surface area contributed by atoms with Gasteiger partial charge in [0, 0.05) is 29.1 Å². The van der Waals surface area contributed by atoms with Gasteiger partial charge in [-0.05, 0) is 62.6 Å². The molecule has 1 saturated carbocycles. The summed E-state index contributed by atoms with van der Waals surface area (Å²) >= 11 is 7.77. The van der Waals surface area contributed by atoms with E-state index < -0.39 is 24.1 Å². The normalized spacial score (nSPS) is 22.2. The first-order valence-corrected chi connectivity index (χ1v) is 14.2. The van der Waals surface area contributed by atoms with Crippen molar-refractivity contribution in [2.75, 3.05) is 25.1 Å². The zero-order valence-electron chi connectivity index (χ0n) is 21.8. The standard InChI is InChI=1S/C27H31ClN6O4S/c1-27(2)37-14-17(15-38-27)13-33-25(35)32(12-16-3-7-19(28)8-4-16)24(34(29)26(33)36)30-20-9-10-21-22(11-20)39-23(31-21)18-5-6-18/h3-4,7-11,17-18,24,30H,5-6,12-15,29H2,1-2H3. The first-order chi connectivity index (χ1) is 18.7. The van der Waals surface area contributed by atoms with E-state index in [1.165, 1.54) is 12.8 Å². The van der Waals surface area contributed by atoms with Crippen LogP contribution in [-0.4, -0.2) is 63.7 Å². The molecule has 1 aromatic heterocycles. The Balaban J connectivity index is 1.26. The summed E-state index contributed by atoms with van der Waals surface area (Å²) in [6.45, 7) is 4.74. The Hall–Kier alpha value is -2.96. The first-order valence-electron chi connectivity index (χ1n) is 13.0. The third-order valence-corrected chi connectivity index (χ3v) is 8.59. The molecule has 206 valence electrons. The molecule has 2 aromatic carbocycles. The number of nitrogens with zero attached hydrogens (tertiary/aromatic N) is 4. The van der Waals surface area contributed by atoms with Crippen molar-refractivity contribution < 1.29 is 19.1 Å². The van der Waals surface area contributed by atoms with Crippen molar-refractivity contribution in [1.82, 2.24) is 19.8 Å². The molecule has 3 aliphatic rings. The molecule has 3 heterocycles. The number of benzene rings is 2. The van der Waals surface area contributed by atoms with E-state index in [2.05, 4.69) is 5.32 Å². The maximum absolute atomic E-state index is 13.8. The van der Waals surface area contributed by atoms with E-state index >= 15 is 0 Å². The summed E-state index contributed by atoms with van der Waals surface area (Å²) < 4.78 is 12.5. The number of aromatic nitrogens is 1. The molecule has 1 unspecified atom stereocenters. The number of urea groups is 2. The second-order valence-corrected chi connectivity index (χ2v) is 12.3. The lowest BCUT2D eigenvalue weighted by Crippen LogP contribution is -2.70. The van der Waals surface area contributed by atoms with E-state index in [1.54, 1.807) is 28.4 Å². The monoisotopic (exact) mass is 570 g/mol.